The second-order valence-electron chi connectivity index (χ2n) is 4.22. The van der Waals surface area contributed by atoms with Crippen LogP contribution < -0.4 is 0 Å². The summed E-state index contributed by atoms with van der Waals surface area (Å²) in [6.45, 7) is 2.21. The van der Waals surface area contributed by atoms with Gasteiger partial charge in [0, 0.05) is 12.1 Å². The molecular formula is C11H14N2O2. The highest BCUT2D eigenvalue weighted by Crippen LogP contribution is 2.36. The van der Waals surface area contributed by atoms with Crippen LogP contribution in [0.3, 0.4) is 0 Å². The largest absolute Gasteiger partial charge is 0.477 e. The number of aromatic nitrogens is 2. The van der Waals surface area contributed by atoms with Gasteiger partial charge in [0.1, 0.15) is 5.82 Å². The maximum atomic E-state index is 10.7. The molecule has 15 heavy (non-hydrogen) atoms. The van der Waals surface area contributed by atoms with Crippen LogP contribution in [0.4, 0.5) is 0 Å². The van der Waals surface area contributed by atoms with E-state index in [9.17, 15) is 4.79 Å². The Kier molecular flexibility index (Phi) is 2.66. The number of carboxylic acid groups (broad SMARTS) is 1. The molecule has 0 radical (unpaired) electrons. The number of hydrogen-bond donors (Lipinski definition) is 1. The van der Waals surface area contributed by atoms with E-state index in [1.807, 2.05) is 0 Å². The molecule has 4 heteroatoms. The van der Waals surface area contributed by atoms with Crippen molar-refractivity contribution in [2.75, 3.05) is 0 Å². The highest BCUT2D eigenvalue weighted by atomic mass is 16.4. The van der Waals surface area contributed by atoms with Gasteiger partial charge in [-0.15, -0.1) is 0 Å². The van der Waals surface area contributed by atoms with Gasteiger partial charge in [-0.05, 0) is 31.2 Å². The van der Waals surface area contributed by atoms with E-state index >= 15 is 0 Å². The normalized spacial score (nSPS) is 25.4. The zero-order valence-corrected chi connectivity index (χ0v) is 8.68. The first-order valence-electron chi connectivity index (χ1n) is 5.23. The molecule has 0 saturated heterocycles. The van der Waals surface area contributed by atoms with Crippen LogP contribution in [0, 0.1) is 5.92 Å². The minimum Gasteiger partial charge on any atom is -0.477 e. The predicted molar refractivity (Wildman–Crippen MR) is 54.7 cm³/mol. The lowest BCUT2D eigenvalue weighted by Gasteiger charge is -2.07. The van der Waals surface area contributed by atoms with Crippen molar-refractivity contribution in [1.82, 2.24) is 9.97 Å². The van der Waals surface area contributed by atoms with Gasteiger partial charge in [0.05, 0.1) is 0 Å². The molecular weight excluding hydrogens is 192 g/mol. The lowest BCUT2D eigenvalue weighted by molar-refractivity contribution is 0.0689. The van der Waals surface area contributed by atoms with E-state index in [0.717, 1.165) is 12.8 Å². The van der Waals surface area contributed by atoms with Gasteiger partial charge in [0.2, 0.25) is 0 Å². The van der Waals surface area contributed by atoms with E-state index in [2.05, 4.69) is 16.9 Å². The molecule has 0 aromatic carbocycles. The molecule has 1 aliphatic rings. The average molecular weight is 206 g/mol. The van der Waals surface area contributed by atoms with Gasteiger partial charge in [0.15, 0.2) is 5.69 Å². The Balaban J connectivity index is 2.21. The topological polar surface area (TPSA) is 63.1 Å². The fraction of sp³-hybridized carbons (Fsp3) is 0.545. The molecule has 1 N–H and O–H groups in total. The highest BCUT2D eigenvalue weighted by Gasteiger charge is 2.25. The molecule has 1 aromatic rings. The maximum Gasteiger partial charge on any atom is 0.354 e. The van der Waals surface area contributed by atoms with E-state index < -0.39 is 5.97 Å². The van der Waals surface area contributed by atoms with Crippen LogP contribution in [0.15, 0.2) is 12.3 Å². The Morgan fingerprint density at radius 3 is 2.93 bits per heavy atom. The van der Waals surface area contributed by atoms with Crippen LogP contribution in [0.5, 0.6) is 0 Å². The molecule has 80 valence electrons. The van der Waals surface area contributed by atoms with Gasteiger partial charge in [-0.3, -0.25) is 0 Å². The quantitative estimate of drug-likeness (QED) is 0.804. The zero-order valence-electron chi connectivity index (χ0n) is 8.68. The maximum absolute atomic E-state index is 10.7. The third kappa shape index (κ3) is 2.14. The van der Waals surface area contributed by atoms with Crippen LogP contribution >= 0.6 is 0 Å². The zero-order chi connectivity index (χ0) is 10.8. The summed E-state index contributed by atoms with van der Waals surface area (Å²) in [6, 6.07) is 1.43. The van der Waals surface area contributed by atoms with E-state index in [1.54, 1.807) is 0 Å². The standard InChI is InChI=1S/C11H14N2O2/c1-7-2-3-8(6-7)10-12-5-4-9(13-10)11(14)15/h4-5,7-8H,2-3,6H2,1H3,(H,14,15). The van der Waals surface area contributed by atoms with Gasteiger partial charge < -0.3 is 5.11 Å². The molecule has 1 aromatic heterocycles. The monoisotopic (exact) mass is 206 g/mol. The van der Waals surface area contributed by atoms with E-state index in [1.165, 1.54) is 18.7 Å². The Hall–Kier alpha value is -1.45. The summed E-state index contributed by atoms with van der Waals surface area (Å²) in [6.07, 6.45) is 4.87. The van der Waals surface area contributed by atoms with Crippen LogP contribution in [-0.2, 0) is 0 Å². The van der Waals surface area contributed by atoms with E-state index in [0.29, 0.717) is 17.7 Å². The summed E-state index contributed by atoms with van der Waals surface area (Å²) in [4.78, 5) is 19.0. The number of nitrogens with zero attached hydrogens (tertiary/aromatic N) is 2. The third-order valence-electron chi connectivity index (χ3n) is 2.95. The van der Waals surface area contributed by atoms with Crippen LogP contribution in [0.1, 0.15) is 48.4 Å². The molecule has 1 saturated carbocycles. The second-order valence-corrected chi connectivity index (χ2v) is 4.22. The average Bonchev–Trinajstić information content (AvgIpc) is 2.65. The molecule has 2 atom stereocenters. The van der Waals surface area contributed by atoms with Crippen molar-refractivity contribution in [3.63, 3.8) is 0 Å². The molecule has 1 fully saturated rings. The third-order valence-corrected chi connectivity index (χ3v) is 2.95. The van der Waals surface area contributed by atoms with Crippen molar-refractivity contribution in [1.29, 1.82) is 0 Å². The molecule has 2 rings (SSSR count). The Morgan fingerprint density at radius 1 is 1.53 bits per heavy atom. The summed E-state index contributed by atoms with van der Waals surface area (Å²) in [5, 5.41) is 8.81. The summed E-state index contributed by atoms with van der Waals surface area (Å²) in [5.74, 6) is 0.760. The van der Waals surface area contributed by atoms with E-state index in [-0.39, 0.29) is 5.69 Å². The Morgan fingerprint density at radius 2 is 2.33 bits per heavy atom. The Bertz CT molecular complexity index is 379. The van der Waals surface area contributed by atoms with Gasteiger partial charge in [-0.1, -0.05) is 6.92 Å². The first-order chi connectivity index (χ1) is 7.16. The SMILES string of the molecule is CC1CCC(c2nccc(C(=O)O)n2)C1. The fourth-order valence-electron chi connectivity index (χ4n) is 2.13. The van der Waals surface area contributed by atoms with Crippen LogP contribution in [-0.4, -0.2) is 21.0 Å². The molecule has 1 heterocycles. The van der Waals surface area contributed by atoms with Gasteiger partial charge in [-0.25, -0.2) is 14.8 Å². The van der Waals surface area contributed by atoms with Gasteiger partial charge in [-0.2, -0.15) is 0 Å². The molecule has 1 aliphatic carbocycles. The van der Waals surface area contributed by atoms with Gasteiger partial charge in [0.25, 0.3) is 0 Å². The lowest BCUT2D eigenvalue weighted by Crippen LogP contribution is -2.07. The number of rotatable bonds is 2. The number of carbonyl (C=O) groups is 1. The second kappa shape index (κ2) is 3.96. The highest BCUT2D eigenvalue weighted by molar-refractivity contribution is 5.85. The van der Waals surface area contributed by atoms with Crippen molar-refractivity contribution < 1.29 is 9.90 Å². The minimum absolute atomic E-state index is 0.0968. The molecule has 0 spiro atoms. The van der Waals surface area contributed by atoms with Crippen LogP contribution in [0.2, 0.25) is 0 Å². The molecule has 0 amide bonds. The smallest absolute Gasteiger partial charge is 0.354 e. The van der Waals surface area contributed by atoms with Crippen LogP contribution in [0.25, 0.3) is 0 Å². The number of aromatic carboxylic acids is 1. The fourth-order valence-corrected chi connectivity index (χ4v) is 2.13. The van der Waals surface area contributed by atoms with Crippen molar-refractivity contribution >= 4 is 5.97 Å². The van der Waals surface area contributed by atoms with Crippen molar-refractivity contribution in [2.45, 2.75) is 32.1 Å². The Labute approximate surface area is 88.4 Å². The van der Waals surface area contributed by atoms with E-state index in [4.69, 9.17) is 5.11 Å². The van der Waals surface area contributed by atoms with Crippen molar-refractivity contribution in [3.05, 3.63) is 23.8 Å². The molecule has 0 aliphatic heterocycles. The summed E-state index contributed by atoms with van der Waals surface area (Å²) in [5.41, 5.74) is 0.0968. The van der Waals surface area contributed by atoms with Gasteiger partial charge >= 0.3 is 5.97 Å². The number of hydrogen-bond acceptors (Lipinski definition) is 3. The summed E-state index contributed by atoms with van der Waals surface area (Å²) >= 11 is 0. The summed E-state index contributed by atoms with van der Waals surface area (Å²) < 4.78 is 0. The first-order valence-corrected chi connectivity index (χ1v) is 5.23. The molecule has 4 nitrogen and oxygen atoms in total. The lowest BCUT2D eigenvalue weighted by atomic mass is 10.1. The minimum atomic E-state index is -0.982. The predicted octanol–water partition coefficient (Wildman–Crippen LogP) is 2.08. The molecule has 2 unspecified atom stereocenters. The molecule has 0 bridgehead atoms. The van der Waals surface area contributed by atoms with Crippen molar-refractivity contribution in [2.24, 2.45) is 5.92 Å². The summed E-state index contributed by atoms with van der Waals surface area (Å²) in [7, 11) is 0. The first kappa shape index (κ1) is 10.1. The van der Waals surface area contributed by atoms with Crippen molar-refractivity contribution in [3.8, 4) is 0 Å². The number of carboxylic acids is 1.